The molecule has 1 saturated carbocycles. The number of carbonyl (C=O) groups excluding carboxylic acids is 3. The molecule has 5 atom stereocenters. The summed E-state index contributed by atoms with van der Waals surface area (Å²) in [5.41, 5.74) is -2.14. The van der Waals surface area contributed by atoms with Crippen molar-refractivity contribution in [2.75, 3.05) is 0 Å². The van der Waals surface area contributed by atoms with Gasteiger partial charge in [0, 0.05) is 17.4 Å². The van der Waals surface area contributed by atoms with Crippen molar-refractivity contribution in [2.45, 2.75) is 95.9 Å². The molecule has 180 valence electrons. The minimum atomic E-state index is -1.72. The molecule has 0 bridgehead atoms. The first-order valence-electron chi connectivity index (χ1n) is 12.2. The fourth-order valence-electron chi connectivity index (χ4n) is 6.46. The molecule has 0 aromatic rings. The Morgan fingerprint density at radius 1 is 0.656 bits per heavy atom. The van der Waals surface area contributed by atoms with E-state index in [4.69, 9.17) is 4.74 Å². The van der Waals surface area contributed by atoms with Crippen molar-refractivity contribution >= 4 is 17.5 Å². The zero-order valence-corrected chi connectivity index (χ0v) is 22.4. The van der Waals surface area contributed by atoms with Gasteiger partial charge in [-0.05, 0) is 46.3 Å². The molecular formula is C28H44O4. The number of hydrogen-bond donors (Lipinski definition) is 0. The summed E-state index contributed by atoms with van der Waals surface area (Å²) in [6.45, 7) is 25.0. The lowest BCUT2D eigenvalue weighted by molar-refractivity contribution is -0.168. The van der Waals surface area contributed by atoms with E-state index in [2.05, 4.69) is 41.5 Å². The zero-order valence-electron chi connectivity index (χ0n) is 22.4. The van der Waals surface area contributed by atoms with Gasteiger partial charge in [0.15, 0.2) is 17.0 Å². The van der Waals surface area contributed by atoms with Crippen LogP contribution in [0.3, 0.4) is 0 Å². The quantitative estimate of drug-likeness (QED) is 0.321. The van der Waals surface area contributed by atoms with Gasteiger partial charge in [0.05, 0.1) is 0 Å². The fraction of sp³-hybridized carbons (Fsp3) is 0.821. The minimum Gasteiger partial charge on any atom is -0.429 e. The molecule has 1 fully saturated rings. The van der Waals surface area contributed by atoms with E-state index in [1.807, 2.05) is 41.5 Å². The Morgan fingerprint density at radius 2 is 1.12 bits per heavy atom. The average Bonchev–Trinajstić information content (AvgIpc) is 3.08. The molecule has 3 rings (SSSR count). The van der Waals surface area contributed by atoms with E-state index in [0.29, 0.717) is 17.8 Å². The molecule has 0 aromatic carbocycles. The van der Waals surface area contributed by atoms with Crippen molar-refractivity contribution in [1.82, 2.24) is 0 Å². The molecular weight excluding hydrogens is 400 g/mol. The van der Waals surface area contributed by atoms with Gasteiger partial charge in [-0.15, -0.1) is 0 Å². The predicted octanol–water partition coefficient (Wildman–Crippen LogP) is 6.38. The molecule has 1 heterocycles. The number of Topliss-reactive ketones (excluding diaryl/α,β-unsaturated/α-hetero) is 2. The summed E-state index contributed by atoms with van der Waals surface area (Å²) in [6, 6.07) is 0. The van der Waals surface area contributed by atoms with Crippen LogP contribution in [0.2, 0.25) is 0 Å². The van der Waals surface area contributed by atoms with Crippen molar-refractivity contribution in [2.24, 2.45) is 50.7 Å². The number of allylic oxidation sites excluding steroid dienone is 2. The standard InChI is InChI=1S/C28H44O4/c1-24(2,3)15-13-16(25(4,5)6)20-19(15)22(30)28(23(31)32-20)18(27(10,11)12)14-17(21(28)29)26(7,8)9/h15-18H,13-14H2,1-12H3/t15-,16-,17+,18-,28+/m0/s1. The van der Waals surface area contributed by atoms with Gasteiger partial charge >= 0.3 is 5.97 Å². The lowest BCUT2D eigenvalue weighted by Gasteiger charge is -2.42. The number of ketones is 2. The first-order chi connectivity index (χ1) is 14.2. The monoisotopic (exact) mass is 444 g/mol. The third-order valence-electron chi connectivity index (χ3n) is 8.41. The van der Waals surface area contributed by atoms with Crippen LogP contribution in [0.4, 0.5) is 0 Å². The van der Waals surface area contributed by atoms with E-state index >= 15 is 0 Å². The lowest BCUT2D eigenvalue weighted by atomic mass is 9.60. The second-order valence-electron chi connectivity index (χ2n) is 14.8. The Hall–Kier alpha value is -1.45. The topological polar surface area (TPSA) is 60.4 Å². The van der Waals surface area contributed by atoms with Crippen molar-refractivity contribution in [3.05, 3.63) is 11.3 Å². The van der Waals surface area contributed by atoms with Crippen LogP contribution in [0.15, 0.2) is 11.3 Å². The van der Waals surface area contributed by atoms with Gasteiger partial charge < -0.3 is 4.74 Å². The highest BCUT2D eigenvalue weighted by atomic mass is 16.5. The van der Waals surface area contributed by atoms with Crippen LogP contribution in [-0.2, 0) is 19.1 Å². The molecule has 2 aliphatic carbocycles. The molecule has 0 saturated heterocycles. The van der Waals surface area contributed by atoms with Crippen LogP contribution in [0.5, 0.6) is 0 Å². The highest BCUT2D eigenvalue weighted by molar-refractivity contribution is 6.30. The number of rotatable bonds is 0. The van der Waals surface area contributed by atoms with Gasteiger partial charge in [-0.3, -0.25) is 14.4 Å². The molecule has 0 radical (unpaired) electrons. The summed E-state index contributed by atoms with van der Waals surface area (Å²) in [5.74, 6) is -1.35. The Kier molecular flexibility index (Phi) is 5.53. The van der Waals surface area contributed by atoms with E-state index in [1.165, 1.54) is 0 Å². The fourth-order valence-corrected chi connectivity index (χ4v) is 6.46. The summed E-state index contributed by atoms with van der Waals surface area (Å²) in [4.78, 5) is 42.5. The van der Waals surface area contributed by atoms with E-state index in [-0.39, 0.29) is 56.9 Å². The van der Waals surface area contributed by atoms with Crippen LogP contribution < -0.4 is 0 Å². The lowest BCUT2D eigenvalue weighted by Crippen LogP contribution is -2.56. The van der Waals surface area contributed by atoms with Crippen LogP contribution in [0.1, 0.15) is 95.9 Å². The van der Waals surface area contributed by atoms with Gasteiger partial charge in [-0.25, -0.2) is 0 Å². The Bertz CT molecular complexity index is 878. The smallest absolute Gasteiger partial charge is 0.333 e. The summed E-state index contributed by atoms with van der Waals surface area (Å²) < 4.78 is 6.14. The molecule has 0 amide bonds. The molecule has 0 aromatic heterocycles. The second kappa shape index (κ2) is 7.03. The minimum absolute atomic E-state index is 0.0185. The maximum absolute atomic E-state index is 14.5. The summed E-state index contributed by atoms with van der Waals surface area (Å²) >= 11 is 0. The zero-order chi connectivity index (χ0) is 24.8. The van der Waals surface area contributed by atoms with Crippen LogP contribution in [0.25, 0.3) is 0 Å². The first kappa shape index (κ1) is 25.2. The number of carbonyl (C=O) groups is 3. The number of esters is 1. The Balaban J connectivity index is 2.29. The number of hydrogen-bond acceptors (Lipinski definition) is 4. The van der Waals surface area contributed by atoms with Crippen molar-refractivity contribution in [3.63, 3.8) is 0 Å². The molecule has 32 heavy (non-hydrogen) atoms. The summed E-state index contributed by atoms with van der Waals surface area (Å²) in [7, 11) is 0. The summed E-state index contributed by atoms with van der Waals surface area (Å²) in [5, 5.41) is 0. The molecule has 0 unspecified atom stereocenters. The van der Waals surface area contributed by atoms with Gasteiger partial charge in [0.2, 0.25) is 0 Å². The Labute approximate surface area is 194 Å². The first-order valence-corrected chi connectivity index (χ1v) is 12.2. The van der Waals surface area contributed by atoms with Crippen LogP contribution in [-0.4, -0.2) is 17.5 Å². The van der Waals surface area contributed by atoms with E-state index in [0.717, 1.165) is 6.42 Å². The normalized spacial score (nSPS) is 34.4. The maximum Gasteiger partial charge on any atom is 0.333 e. The third kappa shape index (κ3) is 3.51. The maximum atomic E-state index is 14.5. The number of ether oxygens (including phenoxy) is 1. The molecule has 1 aliphatic heterocycles. The Morgan fingerprint density at radius 3 is 1.53 bits per heavy atom. The molecule has 1 spiro atoms. The van der Waals surface area contributed by atoms with Gasteiger partial charge in [-0.1, -0.05) is 83.1 Å². The summed E-state index contributed by atoms with van der Waals surface area (Å²) in [6.07, 6.45) is 1.31. The highest BCUT2D eigenvalue weighted by Crippen LogP contribution is 2.63. The van der Waals surface area contributed by atoms with Crippen molar-refractivity contribution in [1.29, 1.82) is 0 Å². The van der Waals surface area contributed by atoms with Gasteiger partial charge in [0.25, 0.3) is 0 Å². The van der Waals surface area contributed by atoms with E-state index in [1.54, 1.807) is 0 Å². The molecule has 4 heteroatoms. The van der Waals surface area contributed by atoms with Crippen molar-refractivity contribution in [3.8, 4) is 0 Å². The molecule has 4 nitrogen and oxygen atoms in total. The SMILES string of the molecule is CC(C)(C)[C@@H]1C[C@@H](C(C)(C)C)[C@@]2(C(=O)OC3=C(C2=O)[C@@H](C(C)(C)C)C[C@@H]3C(C)(C)C)C1=O. The predicted molar refractivity (Wildman–Crippen MR) is 127 cm³/mol. The van der Waals surface area contributed by atoms with Gasteiger partial charge in [0.1, 0.15) is 5.76 Å². The molecule has 0 N–H and O–H groups in total. The van der Waals surface area contributed by atoms with Gasteiger partial charge in [-0.2, -0.15) is 0 Å². The third-order valence-corrected chi connectivity index (χ3v) is 8.41. The van der Waals surface area contributed by atoms with E-state index < -0.39 is 11.4 Å². The largest absolute Gasteiger partial charge is 0.429 e. The molecule has 3 aliphatic rings. The second-order valence-corrected chi connectivity index (χ2v) is 14.8. The van der Waals surface area contributed by atoms with E-state index in [9.17, 15) is 14.4 Å². The average molecular weight is 445 g/mol. The highest BCUT2D eigenvalue weighted by Gasteiger charge is 2.72. The van der Waals surface area contributed by atoms with Crippen molar-refractivity contribution < 1.29 is 19.1 Å². The van der Waals surface area contributed by atoms with Crippen LogP contribution in [0, 0.1) is 50.7 Å². The van der Waals surface area contributed by atoms with Crippen LogP contribution >= 0.6 is 0 Å².